The molecule has 80 valence electrons. The topological polar surface area (TPSA) is 49.7 Å². The Labute approximate surface area is 94.2 Å². The van der Waals surface area contributed by atoms with Crippen LogP contribution in [0.3, 0.4) is 0 Å². The Balaban J connectivity index is 0.000000292. The van der Waals surface area contributed by atoms with Gasteiger partial charge < -0.3 is 14.8 Å². The Morgan fingerprint density at radius 1 is 0.938 bits per heavy atom. The Morgan fingerprint density at radius 3 is 2.12 bits per heavy atom. The monoisotopic (exact) mass is 214 g/mol. The van der Waals surface area contributed by atoms with Crippen molar-refractivity contribution in [2.45, 2.75) is 0 Å². The SMILES string of the molecule is OBO.c1ccc(Oc2ccc3cc2-3)cc1. The molecule has 3 nitrogen and oxygen atoms in total. The van der Waals surface area contributed by atoms with Crippen molar-refractivity contribution in [3.63, 3.8) is 0 Å². The molecule has 2 aliphatic carbocycles. The quantitative estimate of drug-likeness (QED) is 0.638. The van der Waals surface area contributed by atoms with Gasteiger partial charge in [-0.15, -0.1) is 0 Å². The second-order valence-electron chi connectivity index (χ2n) is 3.27. The summed E-state index contributed by atoms with van der Waals surface area (Å²) in [5.41, 5.74) is 2.56. The third-order valence-electron chi connectivity index (χ3n) is 2.18. The van der Waals surface area contributed by atoms with Crippen LogP contribution in [-0.4, -0.2) is 17.7 Å². The molecule has 1 aromatic carbocycles. The summed E-state index contributed by atoms with van der Waals surface area (Å²) in [6, 6.07) is 16.1. The van der Waals surface area contributed by atoms with E-state index in [-0.39, 0.29) is 0 Å². The number of hydrogen-bond donors (Lipinski definition) is 2. The highest BCUT2D eigenvalue weighted by Gasteiger charge is 2.18. The fourth-order valence-corrected chi connectivity index (χ4v) is 1.43. The number of hydrogen-bond acceptors (Lipinski definition) is 3. The summed E-state index contributed by atoms with van der Waals surface area (Å²) in [5, 5.41) is 14.2. The van der Waals surface area contributed by atoms with Crippen LogP contribution in [0.2, 0.25) is 0 Å². The van der Waals surface area contributed by atoms with Crippen LogP contribution in [0.4, 0.5) is 0 Å². The van der Waals surface area contributed by atoms with Crippen LogP contribution in [0.15, 0.2) is 48.5 Å². The average molecular weight is 214 g/mol. The third kappa shape index (κ3) is 2.42. The van der Waals surface area contributed by atoms with Gasteiger partial charge in [-0.25, -0.2) is 0 Å². The maximum absolute atomic E-state index is 7.12. The molecule has 0 aromatic heterocycles. The zero-order valence-electron chi connectivity index (χ0n) is 8.63. The van der Waals surface area contributed by atoms with Crippen molar-refractivity contribution in [2.75, 3.05) is 0 Å². The highest BCUT2D eigenvalue weighted by molar-refractivity contribution is 6.13. The van der Waals surface area contributed by atoms with Gasteiger partial charge in [-0.05, 0) is 29.8 Å². The Morgan fingerprint density at radius 2 is 1.62 bits per heavy atom. The van der Waals surface area contributed by atoms with E-state index in [0.717, 1.165) is 11.5 Å². The molecular weight excluding hydrogens is 203 g/mol. The number of benzene rings is 2. The van der Waals surface area contributed by atoms with E-state index in [1.54, 1.807) is 0 Å². The van der Waals surface area contributed by atoms with Crippen molar-refractivity contribution in [3.05, 3.63) is 48.5 Å². The van der Waals surface area contributed by atoms with Gasteiger partial charge in [0.1, 0.15) is 11.5 Å². The second-order valence-corrected chi connectivity index (χ2v) is 3.27. The Kier molecular flexibility index (Phi) is 3.24. The van der Waals surface area contributed by atoms with Gasteiger partial charge in [0, 0.05) is 5.56 Å². The van der Waals surface area contributed by atoms with Crippen LogP contribution >= 0.6 is 0 Å². The number of fused-ring (bicyclic) bond motifs is 1. The summed E-state index contributed by atoms with van der Waals surface area (Å²) >= 11 is 0. The first-order chi connectivity index (χ1) is 7.85. The third-order valence-corrected chi connectivity index (χ3v) is 2.18. The minimum absolute atomic E-state index is 0.750. The van der Waals surface area contributed by atoms with Crippen molar-refractivity contribution >= 4 is 7.69 Å². The summed E-state index contributed by atoms with van der Waals surface area (Å²) in [4.78, 5) is 0. The maximum Gasteiger partial charge on any atom is 0.432 e. The molecule has 2 N–H and O–H groups in total. The number of para-hydroxylation sites is 1. The molecule has 0 unspecified atom stereocenters. The molecule has 0 amide bonds. The zero-order chi connectivity index (χ0) is 11.4. The molecule has 0 saturated heterocycles. The first-order valence-electron chi connectivity index (χ1n) is 4.94. The molecule has 0 spiro atoms. The molecule has 16 heavy (non-hydrogen) atoms. The minimum atomic E-state index is -0.750. The Hall–Kier alpha value is -1.78. The number of rotatable bonds is 2. The molecule has 0 aliphatic heterocycles. The summed E-state index contributed by atoms with van der Waals surface area (Å²) in [5.74, 6) is 1.87. The highest BCUT2D eigenvalue weighted by Crippen LogP contribution is 2.45. The summed E-state index contributed by atoms with van der Waals surface area (Å²) in [6.45, 7) is 0. The average Bonchev–Trinajstić information content (AvgIpc) is 2.98. The van der Waals surface area contributed by atoms with Crippen LogP contribution in [0.1, 0.15) is 0 Å². The van der Waals surface area contributed by atoms with Crippen LogP contribution in [0.25, 0.3) is 11.1 Å². The largest absolute Gasteiger partial charge is 0.457 e. The van der Waals surface area contributed by atoms with E-state index >= 15 is 0 Å². The molecule has 1 aromatic rings. The lowest BCUT2D eigenvalue weighted by atomic mass is 10.3. The van der Waals surface area contributed by atoms with E-state index in [9.17, 15) is 0 Å². The minimum Gasteiger partial charge on any atom is -0.457 e. The van der Waals surface area contributed by atoms with Crippen LogP contribution < -0.4 is 4.74 Å². The van der Waals surface area contributed by atoms with E-state index in [1.807, 2.05) is 36.4 Å². The molecular formula is C12H11BO3. The lowest BCUT2D eigenvalue weighted by Gasteiger charge is -2.01. The predicted molar refractivity (Wildman–Crippen MR) is 63.5 cm³/mol. The maximum atomic E-state index is 7.12. The van der Waals surface area contributed by atoms with Gasteiger partial charge in [-0.3, -0.25) is 0 Å². The van der Waals surface area contributed by atoms with Gasteiger partial charge in [-0.1, -0.05) is 24.3 Å². The van der Waals surface area contributed by atoms with E-state index in [4.69, 9.17) is 14.8 Å². The molecule has 0 fully saturated rings. The molecule has 2 aliphatic rings. The molecule has 0 heterocycles. The lowest BCUT2D eigenvalue weighted by Crippen LogP contribution is -1.79. The van der Waals surface area contributed by atoms with Gasteiger partial charge in [0.2, 0.25) is 0 Å². The standard InChI is InChI=1S/C12H8O.BH3O2/c1-2-4-10(5-3-1)13-12-7-6-9-8-11(9)12;2-1-3/h1-8H;1-3H. The first kappa shape index (κ1) is 10.7. The van der Waals surface area contributed by atoms with Crippen molar-refractivity contribution in [3.8, 4) is 22.6 Å². The van der Waals surface area contributed by atoms with E-state index in [0.29, 0.717) is 0 Å². The first-order valence-corrected chi connectivity index (χ1v) is 4.94. The number of ether oxygens (including phenoxy) is 1. The summed E-state index contributed by atoms with van der Waals surface area (Å²) in [6.07, 6.45) is 0. The van der Waals surface area contributed by atoms with Crippen LogP contribution in [0, 0.1) is 0 Å². The Bertz CT molecular complexity index is 471. The fraction of sp³-hybridized carbons (Fsp3) is 0. The van der Waals surface area contributed by atoms with Gasteiger partial charge >= 0.3 is 7.69 Å². The van der Waals surface area contributed by atoms with Crippen molar-refractivity contribution in [1.82, 2.24) is 0 Å². The normalized spacial score (nSPS) is 9.88. The van der Waals surface area contributed by atoms with Crippen LogP contribution in [-0.2, 0) is 0 Å². The van der Waals surface area contributed by atoms with Crippen LogP contribution in [0.5, 0.6) is 11.5 Å². The molecule has 3 rings (SSSR count). The van der Waals surface area contributed by atoms with Crippen molar-refractivity contribution in [2.24, 2.45) is 0 Å². The molecule has 0 bridgehead atoms. The van der Waals surface area contributed by atoms with Gasteiger partial charge in [0.25, 0.3) is 0 Å². The van der Waals surface area contributed by atoms with E-state index in [2.05, 4.69) is 12.1 Å². The van der Waals surface area contributed by atoms with Gasteiger partial charge in [-0.2, -0.15) is 0 Å². The van der Waals surface area contributed by atoms with Crippen molar-refractivity contribution < 1.29 is 14.8 Å². The molecule has 0 atom stereocenters. The lowest BCUT2D eigenvalue weighted by molar-refractivity contribution is 0.448. The zero-order valence-corrected chi connectivity index (χ0v) is 8.63. The van der Waals surface area contributed by atoms with Crippen molar-refractivity contribution in [1.29, 1.82) is 0 Å². The van der Waals surface area contributed by atoms with Gasteiger partial charge in [0.05, 0.1) is 0 Å². The smallest absolute Gasteiger partial charge is 0.432 e. The summed E-state index contributed by atoms with van der Waals surface area (Å²) in [7, 11) is -0.750. The van der Waals surface area contributed by atoms with E-state index < -0.39 is 7.69 Å². The predicted octanol–water partition coefficient (Wildman–Crippen LogP) is 1.70. The summed E-state index contributed by atoms with van der Waals surface area (Å²) < 4.78 is 5.67. The second kappa shape index (κ2) is 4.83. The van der Waals surface area contributed by atoms with Gasteiger partial charge in [0.15, 0.2) is 0 Å². The molecule has 0 radical (unpaired) electrons. The van der Waals surface area contributed by atoms with E-state index in [1.165, 1.54) is 11.1 Å². The molecule has 4 heteroatoms. The highest BCUT2D eigenvalue weighted by atomic mass is 16.5. The fourth-order valence-electron chi connectivity index (χ4n) is 1.43. The molecule has 0 saturated carbocycles.